The van der Waals surface area contributed by atoms with Gasteiger partial charge in [-0.05, 0) is 58.4 Å². The van der Waals surface area contributed by atoms with E-state index in [2.05, 4.69) is 62.9 Å². The third-order valence-corrected chi connectivity index (χ3v) is 4.81. The molecule has 0 aliphatic carbocycles. The van der Waals surface area contributed by atoms with Gasteiger partial charge >= 0.3 is 0 Å². The zero-order valence-electron chi connectivity index (χ0n) is 16.1. The Hall–Kier alpha value is -1.84. The Morgan fingerprint density at radius 1 is 0.885 bits per heavy atom. The molecule has 1 heterocycles. The van der Waals surface area contributed by atoms with Gasteiger partial charge in [0.2, 0.25) is 5.89 Å². The molecule has 0 aliphatic rings. The van der Waals surface area contributed by atoms with E-state index < -0.39 is 0 Å². The molecule has 0 amide bonds. The van der Waals surface area contributed by atoms with Crippen molar-refractivity contribution < 1.29 is 4.42 Å². The summed E-state index contributed by atoms with van der Waals surface area (Å²) in [7, 11) is 0. The van der Waals surface area contributed by atoms with Gasteiger partial charge in [0.05, 0.1) is 5.92 Å². The van der Waals surface area contributed by atoms with Crippen LogP contribution in [0.5, 0.6) is 0 Å². The zero-order valence-corrected chi connectivity index (χ0v) is 16.9. The molecule has 1 aromatic heterocycles. The topological polar surface area (TPSA) is 29.3 Å². The zero-order chi connectivity index (χ0) is 17.8. The minimum atomic E-state index is 0. The molecule has 0 N–H and O–H groups in total. The summed E-state index contributed by atoms with van der Waals surface area (Å²) >= 11 is 0. The van der Waals surface area contributed by atoms with Crippen LogP contribution < -0.4 is 0 Å². The maximum atomic E-state index is 6.11. The third kappa shape index (κ3) is 4.66. The highest BCUT2D eigenvalue weighted by atomic mass is 35.5. The lowest BCUT2D eigenvalue weighted by Gasteiger charge is -2.31. The first-order chi connectivity index (χ1) is 12.1. The fourth-order valence-corrected chi connectivity index (χ4v) is 3.55. The molecule has 3 aromatic rings. The molecular weight excluding hydrogens is 344 g/mol. The molecule has 0 saturated heterocycles. The summed E-state index contributed by atoms with van der Waals surface area (Å²) in [5.74, 6) is 0.994. The molecule has 0 spiro atoms. The van der Waals surface area contributed by atoms with Crippen molar-refractivity contribution in [2.75, 3.05) is 6.54 Å². The molecule has 0 bridgehead atoms. The maximum Gasteiger partial charge on any atom is 0.203 e. The van der Waals surface area contributed by atoms with Crippen molar-refractivity contribution in [3.8, 4) is 0 Å². The van der Waals surface area contributed by atoms with Gasteiger partial charge in [-0.2, -0.15) is 0 Å². The normalized spacial score (nSPS) is 12.7. The molecule has 1 unspecified atom stereocenters. The molecular formula is C22H29ClN2O. The number of aromatic nitrogens is 1. The highest BCUT2D eigenvalue weighted by Gasteiger charge is 2.23. The molecule has 0 aliphatic heterocycles. The second-order valence-corrected chi connectivity index (χ2v) is 7.20. The first-order valence-electron chi connectivity index (χ1n) is 9.22. The van der Waals surface area contributed by atoms with E-state index in [1.54, 1.807) is 0 Å². The second kappa shape index (κ2) is 9.20. The van der Waals surface area contributed by atoms with Crippen molar-refractivity contribution >= 4 is 23.5 Å². The highest BCUT2D eigenvalue weighted by Crippen LogP contribution is 2.30. The van der Waals surface area contributed by atoms with Crippen LogP contribution in [-0.4, -0.2) is 28.5 Å². The van der Waals surface area contributed by atoms with Gasteiger partial charge in [-0.1, -0.05) is 42.5 Å². The Morgan fingerprint density at radius 2 is 1.50 bits per heavy atom. The molecule has 0 radical (unpaired) electrons. The summed E-state index contributed by atoms with van der Waals surface area (Å²) in [6.07, 6.45) is 0.993. The Labute approximate surface area is 162 Å². The quantitative estimate of drug-likeness (QED) is 0.517. The Balaban J connectivity index is 0.00000243. The average molecular weight is 373 g/mol. The predicted octanol–water partition coefficient (Wildman–Crippen LogP) is 5.89. The van der Waals surface area contributed by atoms with Gasteiger partial charge in [0.15, 0.2) is 5.58 Å². The van der Waals surface area contributed by atoms with Crippen LogP contribution in [0, 0.1) is 0 Å². The van der Waals surface area contributed by atoms with Gasteiger partial charge in [-0.3, -0.25) is 4.90 Å². The highest BCUT2D eigenvalue weighted by molar-refractivity contribution is 5.85. The summed E-state index contributed by atoms with van der Waals surface area (Å²) in [6, 6.07) is 19.6. The van der Waals surface area contributed by atoms with Crippen molar-refractivity contribution in [1.29, 1.82) is 0 Å². The molecule has 0 fully saturated rings. The van der Waals surface area contributed by atoms with Crippen molar-refractivity contribution in [3.05, 3.63) is 66.1 Å². The van der Waals surface area contributed by atoms with E-state index in [0.29, 0.717) is 12.1 Å². The average Bonchev–Trinajstić information content (AvgIpc) is 3.02. The molecule has 0 saturated carbocycles. The van der Waals surface area contributed by atoms with Gasteiger partial charge in [-0.25, -0.2) is 4.98 Å². The monoisotopic (exact) mass is 372 g/mol. The number of nitrogens with zero attached hydrogens (tertiary/aromatic N) is 2. The third-order valence-electron chi connectivity index (χ3n) is 4.81. The van der Waals surface area contributed by atoms with Crippen molar-refractivity contribution in [2.45, 2.75) is 52.1 Å². The molecule has 4 heteroatoms. The molecule has 3 nitrogen and oxygen atoms in total. The molecule has 26 heavy (non-hydrogen) atoms. The Kier molecular flexibility index (Phi) is 7.24. The van der Waals surface area contributed by atoms with Crippen LogP contribution in [0.25, 0.3) is 11.1 Å². The summed E-state index contributed by atoms with van der Waals surface area (Å²) in [6.45, 7) is 10.1. The maximum absolute atomic E-state index is 6.11. The lowest BCUT2D eigenvalue weighted by atomic mass is 9.95. The van der Waals surface area contributed by atoms with Gasteiger partial charge < -0.3 is 4.42 Å². The number of oxazole rings is 1. The number of hydrogen-bond donors (Lipinski definition) is 0. The molecule has 1 atom stereocenters. The summed E-state index contributed by atoms with van der Waals surface area (Å²) in [5, 5.41) is 0. The fourth-order valence-electron chi connectivity index (χ4n) is 3.55. The van der Waals surface area contributed by atoms with Crippen molar-refractivity contribution in [2.24, 2.45) is 0 Å². The first kappa shape index (κ1) is 20.5. The summed E-state index contributed by atoms with van der Waals surface area (Å²) in [4.78, 5) is 7.30. The largest absolute Gasteiger partial charge is 0.440 e. The van der Waals surface area contributed by atoms with E-state index in [1.807, 2.05) is 24.3 Å². The van der Waals surface area contributed by atoms with Crippen molar-refractivity contribution in [3.63, 3.8) is 0 Å². The smallest absolute Gasteiger partial charge is 0.203 e. The van der Waals surface area contributed by atoms with E-state index in [4.69, 9.17) is 9.40 Å². The van der Waals surface area contributed by atoms with Gasteiger partial charge in [-0.15, -0.1) is 12.4 Å². The minimum absolute atomic E-state index is 0. The first-order valence-corrected chi connectivity index (χ1v) is 9.22. The van der Waals surface area contributed by atoms with Crippen LogP contribution in [0.4, 0.5) is 0 Å². The van der Waals surface area contributed by atoms with Crippen LogP contribution in [0.3, 0.4) is 0 Å². The van der Waals surface area contributed by atoms with E-state index in [-0.39, 0.29) is 18.3 Å². The Morgan fingerprint density at radius 3 is 2.12 bits per heavy atom. The van der Waals surface area contributed by atoms with Crippen LogP contribution in [-0.2, 0) is 0 Å². The molecule has 140 valence electrons. The fraction of sp³-hybridized carbons (Fsp3) is 0.409. The van der Waals surface area contributed by atoms with E-state index >= 15 is 0 Å². The standard InChI is InChI=1S/C22H28N2O.ClH/c1-16(2)24(17(3)4)15-14-19(18-10-6-5-7-11-18)22-23-20-12-8-9-13-21(20)25-22;/h5-13,16-17,19H,14-15H2,1-4H3;1H. The number of hydrogen-bond acceptors (Lipinski definition) is 3. The number of para-hydroxylation sites is 2. The lowest BCUT2D eigenvalue weighted by Crippen LogP contribution is -2.38. The van der Waals surface area contributed by atoms with Gasteiger partial charge in [0.25, 0.3) is 0 Å². The number of benzene rings is 2. The van der Waals surface area contributed by atoms with E-state index in [0.717, 1.165) is 30.0 Å². The van der Waals surface area contributed by atoms with E-state index in [1.165, 1.54) is 5.56 Å². The summed E-state index contributed by atoms with van der Waals surface area (Å²) in [5.41, 5.74) is 3.06. The number of halogens is 1. The molecule has 2 aromatic carbocycles. The van der Waals surface area contributed by atoms with Gasteiger partial charge in [0.1, 0.15) is 5.52 Å². The second-order valence-electron chi connectivity index (χ2n) is 7.20. The van der Waals surface area contributed by atoms with Crippen molar-refractivity contribution in [1.82, 2.24) is 9.88 Å². The number of rotatable bonds is 7. The Bertz CT molecular complexity index is 757. The van der Waals surface area contributed by atoms with Crippen LogP contribution in [0.1, 0.15) is 51.5 Å². The predicted molar refractivity (Wildman–Crippen MR) is 111 cm³/mol. The lowest BCUT2D eigenvalue weighted by molar-refractivity contribution is 0.169. The van der Waals surface area contributed by atoms with E-state index in [9.17, 15) is 0 Å². The summed E-state index contributed by atoms with van der Waals surface area (Å²) < 4.78 is 6.11. The SMILES string of the molecule is CC(C)N(CCC(c1ccccc1)c1nc2ccccc2o1)C(C)C.Cl. The number of fused-ring (bicyclic) bond motifs is 1. The molecule has 3 rings (SSSR count). The minimum Gasteiger partial charge on any atom is -0.440 e. The van der Waals surface area contributed by atoms with Gasteiger partial charge in [0, 0.05) is 12.1 Å². The van der Waals surface area contributed by atoms with Crippen LogP contribution >= 0.6 is 12.4 Å². The van der Waals surface area contributed by atoms with Crippen LogP contribution in [0.15, 0.2) is 59.0 Å². The van der Waals surface area contributed by atoms with Crippen LogP contribution in [0.2, 0.25) is 0 Å².